The van der Waals surface area contributed by atoms with Gasteiger partial charge < -0.3 is 0 Å². The Morgan fingerprint density at radius 2 is 2.12 bits per heavy atom. The zero-order chi connectivity index (χ0) is 17.3. The number of nitro groups is 1. The molecule has 0 radical (unpaired) electrons. The van der Waals surface area contributed by atoms with E-state index < -0.39 is 23.3 Å². The van der Waals surface area contributed by atoms with E-state index in [9.17, 15) is 19.7 Å². The Labute approximate surface area is 141 Å². The molecule has 0 fully saturated rings. The van der Waals surface area contributed by atoms with Crippen molar-refractivity contribution in [3.05, 3.63) is 79.6 Å². The van der Waals surface area contributed by atoms with E-state index in [0.717, 1.165) is 5.06 Å². The summed E-state index contributed by atoms with van der Waals surface area (Å²) in [6.07, 6.45) is 0. The standard InChI is InChI=1S/C16H13ClFN3O3/c17-10-5-6-15-13(7-10)16(12-3-1-2-4-14(12)18)20(22)8-11(19-15)9-21(23)24/h1-7,11,22H,8-9H2. The van der Waals surface area contributed by atoms with Crippen molar-refractivity contribution in [2.45, 2.75) is 6.04 Å². The number of hydroxylamine groups is 2. The van der Waals surface area contributed by atoms with Crippen molar-refractivity contribution in [3.8, 4) is 0 Å². The fraction of sp³-hybridized carbons (Fsp3) is 0.188. The highest BCUT2D eigenvalue weighted by Crippen LogP contribution is 2.20. The summed E-state index contributed by atoms with van der Waals surface area (Å²) in [6.45, 7) is -0.569. The minimum absolute atomic E-state index is 0.128. The minimum Gasteiger partial charge on any atom is -0.288 e. The monoisotopic (exact) mass is 349 g/mol. The topological polar surface area (TPSA) is 79.0 Å². The van der Waals surface area contributed by atoms with Crippen LogP contribution in [0.4, 0.5) is 4.39 Å². The lowest BCUT2D eigenvalue weighted by atomic mass is 10.1. The molecule has 0 amide bonds. The number of fused-ring (bicyclic) bond motifs is 1. The molecule has 8 heteroatoms. The SMILES string of the molecule is O=[N+]([O-])CC1CN(O)C(c2ccccc2F)=c2cc(Cl)ccc2=N1. The number of hydrogen-bond donors (Lipinski definition) is 1. The molecule has 3 rings (SSSR count). The van der Waals surface area contributed by atoms with Gasteiger partial charge in [0.2, 0.25) is 6.54 Å². The van der Waals surface area contributed by atoms with Gasteiger partial charge in [0.05, 0.1) is 17.6 Å². The highest BCUT2D eigenvalue weighted by atomic mass is 35.5. The fourth-order valence-corrected chi connectivity index (χ4v) is 2.86. The second kappa shape index (κ2) is 6.54. The van der Waals surface area contributed by atoms with Crippen molar-refractivity contribution in [1.29, 1.82) is 0 Å². The van der Waals surface area contributed by atoms with Gasteiger partial charge in [-0.15, -0.1) is 0 Å². The smallest absolute Gasteiger partial charge is 0.227 e. The van der Waals surface area contributed by atoms with Crippen LogP contribution in [0.25, 0.3) is 5.70 Å². The van der Waals surface area contributed by atoms with Crippen molar-refractivity contribution in [2.24, 2.45) is 4.99 Å². The molecule has 1 aliphatic heterocycles. The molecule has 2 aromatic rings. The van der Waals surface area contributed by atoms with Crippen molar-refractivity contribution in [1.82, 2.24) is 5.06 Å². The van der Waals surface area contributed by atoms with Crippen molar-refractivity contribution in [2.75, 3.05) is 13.1 Å². The second-order valence-electron chi connectivity index (χ2n) is 5.37. The molecule has 124 valence electrons. The lowest BCUT2D eigenvalue weighted by molar-refractivity contribution is -0.482. The number of rotatable bonds is 3. The lowest BCUT2D eigenvalue weighted by Crippen LogP contribution is -2.33. The van der Waals surface area contributed by atoms with Crippen molar-refractivity contribution >= 4 is 17.3 Å². The molecule has 0 saturated heterocycles. The summed E-state index contributed by atoms with van der Waals surface area (Å²) >= 11 is 6.03. The summed E-state index contributed by atoms with van der Waals surface area (Å²) in [4.78, 5) is 14.7. The fourth-order valence-electron chi connectivity index (χ4n) is 2.69. The lowest BCUT2D eigenvalue weighted by Gasteiger charge is -2.21. The van der Waals surface area contributed by atoms with Gasteiger partial charge in [-0.1, -0.05) is 23.7 Å². The van der Waals surface area contributed by atoms with Crippen LogP contribution >= 0.6 is 11.6 Å². The Balaban J connectivity index is 2.31. The van der Waals surface area contributed by atoms with E-state index in [2.05, 4.69) is 4.99 Å². The van der Waals surface area contributed by atoms with E-state index in [4.69, 9.17) is 11.6 Å². The molecule has 1 heterocycles. The Morgan fingerprint density at radius 1 is 1.38 bits per heavy atom. The zero-order valence-electron chi connectivity index (χ0n) is 12.4. The van der Waals surface area contributed by atoms with Crippen LogP contribution in [0.15, 0.2) is 47.5 Å². The highest BCUT2D eigenvalue weighted by molar-refractivity contribution is 6.30. The molecule has 0 aliphatic carbocycles. The minimum atomic E-state index is -0.769. The molecule has 0 bridgehead atoms. The van der Waals surface area contributed by atoms with E-state index >= 15 is 0 Å². The van der Waals surface area contributed by atoms with Gasteiger partial charge in [-0.05, 0) is 30.3 Å². The van der Waals surface area contributed by atoms with E-state index in [1.54, 1.807) is 24.3 Å². The average Bonchev–Trinajstić information content (AvgIpc) is 2.63. The molecule has 6 nitrogen and oxygen atoms in total. The highest BCUT2D eigenvalue weighted by Gasteiger charge is 2.24. The van der Waals surface area contributed by atoms with Crippen LogP contribution in [-0.2, 0) is 0 Å². The molecule has 1 aliphatic rings. The van der Waals surface area contributed by atoms with Crippen LogP contribution in [0.5, 0.6) is 0 Å². The maximum absolute atomic E-state index is 14.3. The van der Waals surface area contributed by atoms with E-state index in [1.807, 2.05) is 0 Å². The van der Waals surface area contributed by atoms with Crippen LogP contribution in [0, 0.1) is 15.9 Å². The third-order valence-corrected chi connectivity index (χ3v) is 3.90. The number of benzene rings is 2. The van der Waals surface area contributed by atoms with Crippen LogP contribution in [0.3, 0.4) is 0 Å². The summed E-state index contributed by atoms with van der Waals surface area (Å²) in [7, 11) is 0. The predicted molar refractivity (Wildman–Crippen MR) is 85.3 cm³/mol. The average molecular weight is 350 g/mol. The molecule has 24 heavy (non-hydrogen) atoms. The number of nitrogens with zero attached hydrogens (tertiary/aromatic N) is 3. The first-order chi connectivity index (χ1) is 11.5. The van der Waals surface area contributed by atoms with Crippen LogP contribution in [-0.4, -0.2) is 34.3 Å². The molecule has 0 aromatic heterocycles. The Morgan fingerprint density at radius 3 is 2.83 bits per heavy atom. The maximum Gasteiger partial charge on any atom is 0.227 e. The summed E-state index contributed by atoms with van der Waals surface area (Å²) in [5.74, 6) is -0.523. The molecular formula is C16H13ClFN3O3. The maximum atomic E-state index is 14.3. The molecule has 0 spiro atoms. The zero-order valence-corrected chi connectivity index (χ0v) is 13.2. The molecule has 2 aromatic carbocycles. The van der Waals surface area contributed by atoms with Gasteiger partial charge >= 0.3 is 0 Å². The third kappa shape index (κ3) is 3.22. The van der Waals surface area contributed by atoms with Gasteiger partial charge in [-0.2, -0.15) is 0 Å². The Kier molecular flexibility index (Phi) is 4.46. The summed E-state index contributed by atoms with van der Waals surface area (Å²) in [5.41, 5.74) is 0.348. The van der Waals surface area contributed by atoms with E-state index in [1.165, 1.54) is 18.2 Å². The summed E-state index contributed by atoms with van der Waals surface area (Å²) < 4.78 is 14.3. The Hall–Kier alpha value is -2.51. The normalized spacial score (nSPS) is 17.0. The van der Waals surface area contributed by atoms with Crippen LogP contribution < -0.4 is 10.6 Å². The van der Waals surface area contributed by atoms with Crippen molar-refractivity contribution in [3.63, 3.8) is 0 Å². The van der Waals surface area contributed by atoms with Gasteiger partial charge in [0.15, 0.2) is 0 Å². The first-order valence-electron chi connectivity index (χ1n) is 7.16. The van der Waals surface area contributed by atoms with E-state index in [0.29, 0.717) is 15.6 Å². The third-order valence-electron chi connectivity index (χ3n) is 3.67. The summed E-state index contributed by atoms with van der Waals surface area (Å²) in [6, 6.07) is 9.96. The van der Waals surface area contributed by atoms with Crippen molar-refractivity contribution < 1.29 is 14.5 Å². The molecule has 1 atom stereocenters. The van der Waals surface area contributed by atoms with Crippen LogP contribution in [0.1, 0.15) is 5.56 Å². The van der Waals surface area contributed by atoms with Gasteiger partial charge in [0.1, 0.15) is 11.9 Å². The van der Waals surface area contributed by atoms with Crippen LogP contribution in [0.2, 0.25) is 5.02 Å². The van der Waals surface area contributed by atoms with E-state index in [-0.39, 0.29) is 17.8 Å². The van der Waals surface area contributed by atoms with Gasteiger partial charge in [0.25, 0.3) is 0 Å². The molecular weight excluding hydrogens is 337 g/mol. The number of halogens is 2. The first kappa shape index (κ1) is 16.4. The predicted octanol–water partition coefficient (Wildman–Crippen LogP) is 1.61. The molecule has 1 N–H and O–H groups in total. The van der Waals surface area contributed by atoms with Gasteiger partial charge in [-0.3, -0.25) is 25.4 Å². The van der Waals surface area contributed by atoms with Gasteiger partial charge in [0, 0.05) is 20.7 Å². The van der Waals surface area contributed by atoms with Gasteiger partial charge in [-0.25, -0.2) is 4.39 Å². The summed E-state index contributed by atoms with van der Waals surface area (Å²) in [5, 5.41) is 23.3. The molecule has 0 saturated carbocycles. The largest absolute Gasteiger partial charge is 0.288 e. The Bertz CT molecular complexity index is 919. The quantitative estimate of drug-likeness (QED) is 0.674. The second-order valence-corrected chi connectivity index (χ2v) is 5.81. The first-order valence-corrected chi connectivity index (χ1v) is 7.54. The molecule has 1 unspecified atom stereocenters. The number of hydrogen-bond acceptors (Lipinski definition) is 5.